The van der Waals surface area contributed by atoms with Gasteiger partial charge >= 0.3 is 0 Å². The number of amides is 1. The molecular weight excluding hydrogens is 365 g/mol. The summed E-state index contributed by atoms with van der Waals surface area (Å²) in [4.78, 5) is 21.4. The topological polar surface area (TPSA) is 54.9 Å². The van der Waals surface area contributed by atoms with Gasteiger partial charge in [0.2, 0.25) is 0 Å². The highest BCUT2D eigenvalue weighted by atomic mass is 35.5. The Morgan fingerprint density at radius 2 is 1.83 bits per heavy atom. The number of nitrogens with zero attached hydrogens (tertiary/aromatic N) is 2. The van der Waals surface area contributed by atoms with Crippen LogP contribution in [0, 0.1) is 6.92 Å². The molecule has 7 heteroatoms. The Bertz CT molecular complexity index is 861. The van der Waals surface area contributed by atoms with E-state index in [4.69, 9.17) is 23.2 Å². The van der Waals surface area contributed by atoms with Crippen LogP contribution in [0.5, 0.6) is 0 Å². The molecule has 0 spiro atoms. The van der Waals surface area contributed by atoms with Crippen LogP contribution in [0.1, 0.15) is 20.9 Å². The molecule has 0 radical (unpaired) electrons. The zero-order chi connectivity index (χ0) is 17.1. The van der Waals surface area contributed by atoms with Gasteiger partial charge < -0.3 is 5.32 Å². The molecule has 3 rings (SSSR count). The summed E-state index contributed by atoms with van der Waals surface area (Å²) in [7, 11) is 0. The Labute approximate surface area is 153 Å². The predicted molar refractivity (Wildman–Crippen MR) is 97.7 cm³/mol. The summed E-state index contributed by atoms with van der Waals surface area (Å²) in [6.07, 6.45) is 3.38. The lowest BCUT2D eigenvalue weighted by Gasteiger charge is -2.04. The van der Waals surface area contributed by atoms with E-state index < -0.39 is 0 Å². The SMILES string of the molecule is Cc1nc(-c2c(Cl)cccc2Cl)sc1C(=O)NCc1ccncc1. The number of thiazole rings is 1. The molecule has 0 aliphatic heterocycles. The van der Waals surface area contributed by atoms with Gasteiger partial charge in [0.15, 0.2) is 0 Å². The van der Waals surface area contributed by atoms with Gasteiger partial charge in [-0.2, -0.15) is 0 Å². The van der Waals surface area contributed by atoms with Crippen LogP contribution in [0.15, 0.2) is 42.7 Å². The molecular formula is C17H13Cl2N3OS. The molecule has 2 heterocycles. The number of carbonyl (C=O) groups is 1. The number of hydrogen-bond acceptors (Lipinski definition) is 4. The fourth-order valence-electron chi connectivity index (χ4n) is 2.18. The maximum absolute atomic E-state index is 12.4. The molecule has 0 aliphatic carbocycles. The van der Waals surface area contributed by atoms with Crippen LogP contribution < -0.4 is 5.32 Å². The van der Waals surface area contributed by atoms with Crippen molar-refractivity contribution in [3.05, 3.63) is 68.9 Å². The van der Waals surface area contributed by atoms with E-state index in [0.717, 1.165) is 5.56 Å². The average Bonchev–Trinajstić information content (AvgIpc) is 2.95. The van der Waals surface area contributed by atoms with Crippen LogP contribution in [0.2, 0.25) is 10.0 Å². The van der Waals surface area contributed by atoms with Crippen LogP contribution in [0.4, 0.5) is 0 Å². The number of nitrogens with one attached hydrogen (secondary N) is 1. The lowest BCUT2D eigenvalue weighted by molar-refractivity contribution is 0.0954. The highest BCUT2D eigenvalue weighted by Gasteiger charge is 2.19. The summed E-state index contributed by atoms with van der Waals surface area (Å²) in [5.74, 6) is -0.170. The van der Waals surface area contributed by atoms with Crippen LogP contribution in [-0.2, 0) is 6.54 Å². The molecule has 2 aromatic heterocycles. The lowest BCUT2D eigenvalue weighted by atomic mass is 10.2. The minimum Gasteiger partial charge on any atom is -0.347 e. The molecule has 1 amide bonds. The van der Waals surface area contributed by atoms with Gasteiger partial charge in [-0.05, 0) is 36.8 Å². The minimum absolute atomic E-state index is 0.170. The Hall–Kier alpha value is -1.95. The van der Waals surface area contributed by atoms with E-state index in [9.17, 15) is 4.79 Å². The fraction of sp³-hybridized carbons (Fsp3) is 0.118. The molecule has 0 atom stereocenters. The summed E-state index contributed by atoms with van der Waals surface area (Å²) in [6.45, 7) is 2.23. The van der Waals surface area contributed by atoms with E-state index in [2.05, 4.69) is 15.3 Å². The summed E-state index contributed by atoms with van der Waals surface area (Å²) in [5.41, 5.74) is 2.29. The largest absolute Gasteiger partial charge is 0.347 e. The van der Waals surface area contributed by atoms with Gasteiger partial charge in [-0.1, -0.05) is 29.3 Å². The van der Waals surface area contributed by atoms with E-state index in [1.807, 2.05) is 12.1 Å². The van der Waals surface area contributed by atoms with Crippen molar-refractivity contribution < 1.29 is 4.79 Å². The number of aromatic nitrogens is 2. The van der Waals surface area contributed by atoms with Gasteiger partial charge in [0.05, 0.1) is 15.7 Å². The maximum Gasteiger partial charge on any atom is 0.263 e. The maximum atomic E-state index is 12.4. The number of benzene rings is 1. The number of rotatable bonds is 4. The number of halogens is 2. The highest BCUT2D eigenvalue weighted by molar-refractivity contribution is 7.17. The summed E-state index contributed by atoms with van der Waals surface area (Å²) in [5, 5.41) is 4.55. The molecule has 0 bridgehead atoms. The molecule has 1 aromatic carbocycles. The molecule has 0 aliphatic rings. The van der Waals surface area contributed by atoms with Crippen molar-refractivity contribution in [3.63, 3.8) is 0 Å². The molecule has 122 valence electrons. The molecule has 24 heavy (non-hydrogen) atoms. The van der Waals surface area contributed by atoms with E-state index in [1.54, 1.807) is 37.5 Å². The molecule has 0 saturated carbocycles. The van der Waals surface area contributed by atoms with E-state index in [-0.39, 0.29) is 5.91 Å². The molecule has 0 unspecified atom stereocenters. The number of pyridine rings is 1. The Morgan fingerprint density at radius 1 is 1.17 bits per heavy atom. The third kappa shape index (κ3) is 3.59. The zero-order valence-corrected chi connectivity index (χ0v) is 15.0. The van der Waals surface area contributed by atoms with Gasteiger partial charge in [0, 0.05) is 24.5 Å². The van der Waals surface area contributed by atoms with E-state index in [1.165, 1.54) is 11.3 Å². The van der Waals surface area contributed by atoms with Gasteiger partial charge in [0.1, 0.15) is 9.88 Å². The fourth-order valence-corrected chi connectivity index (χ4v) is 3.92. The number of aryl methyl sites for hydroxylation is 1. The van der Waals surface area contributed by atoms with Gasteiger partial charge in [-0.15, -0.1) is 11.3 Å². The van der Waals surface area contributed by atoms with Crippen molar-refractivity contribution in [2.45, 2.75) is 13.5 Å². The first-order valence-electron chi connectivity index (χ1n) is 7.15. The number of hydrogen-bond donors (Lipinski definition) is 1. The molecule has 4 nitrogen and oxygen atoms in total. The van der Waals surface area contributed by atoms with Crippen LogP contribution in [0.25, 0.3) is 10.6 Å². The van der Waals surface area contributed by atoms with Crippen molar-refractivity contribution in [2.24, 2.45) is 0 Å². The van der Waals surface area contributed by atoms with E-state index >= 15 is 0 Å². The first-order valence-corrected chi connectivity index (χ1v) is 8.72. The summed E-state index contributed by atoms with van der Waals surface area (Å²) in [6, 6.07) is 8.99. The quantitative estimate of drug-likeness (QED) is 0.713. The first kappa shape index (κ1) is 16.9. The Kier molecular flexibility index (Phi) is 5.14. The van der Waals surface area contributed by atoms with Gasteiger partial charge in [0.25, 0.3) is 5.91 Å². The third-order valence-electron chi connectivity index (χ3n) is 3.38. The van der Waals surface area contributed by atoms with Crippen molar-refractivity contribution in [1.82, 2.24) is 15.3 Å². The number of carbonyl (C=O) groups excluding carboxylic acids is 1. The van der Waals surface area contributed by atoms with Gasteiger partial charge in [-0.25, -0.2) is 4.98 Å². The summed E-state index contributed by atoms with van der Waals surface area (Å²) >= 11 is 13.7. The van der Waals surface area contributed by atoms with Crippen LogP contribution in [-0.4, -0.2) is 15.9 Å². The Balaban J connectivity index is 1.82. The molecule has 3 aromatic rings. The smallest absolute Gasteiger partial charge is 0.263 e. The monoisotopic (exact) mass is 377 g/mol. The van der Waals surface area contributed by atoms with Crippen molar-refractivity contribution >= 4 is 40.4 Å². The van der Waals surface area contributed by atoms with Crippen molar-refractivity contribution in [1.29, 1.82) is 0 Å². The predicted octanol–water partition coefficient (Wildman–Crippen LogP) is 4.75. The van der Waals surface area contributed by atoms with E-state index in [0.29, 0.717) is 37.7 Å². The van der Waals surface area contributed by atoms with Crippen LogP contribution >= 0.6 is 34.5 Å². The summed E-state index contributed by atoms with van der Waals surface area (Å²) < 4.78 is 0. The molecule has 0 saturated heterocycles. The average molecular weight is 378 g/mol. The Morgan fingerprint density at radius 3 is 2.50 bits per heavy atom. The standard InChI is InChI=1S/C17H13Cl2N3OS/c1-10-15(16(23)21-9-11-5-7-20-8-6-11)24-17(22-10)14-12(18)3-2-4-13(14)19/h2-8H,9H2,1H3,(H,21,23). The van der Waals surface area contributed by atoms with Crippen LogP contribution in [0.3, 0.4) is 0 Å². The second-order valence-electron chi connectivity index (χ2n) is 5.07. The molecule has 0 fully saturated rings. The molecule has 1 N–H and O–H groups in total. The normalized spacial score (nSPS) is 10.6. The highest BCUT2D eigenvalue weighted by Crippen LogP contribution is 2.37. The zero-order valence-electron chi connectivity index (χ0n) is 12.7. The van der Waals surface area contributed by atoms with Gasteiger partial charge in [-0.3, -0.25) is 9.78 Å². The van der Waals surface area contributed by atoms with Crippen molar-refractivity contribution in [3.8, 4) is 10.6 Å². The lowest BCUT2D eigenvalue weighted by Crippen LogP contribution is -2.22. The first-order chi connectivity index (χ1) is 11.6. The second-order valence-corrected chi connectivity index (χ2v) is 6.88. The minimum atomic E-state index is -0.170. The second kappa shape index (κ2) is 7.30. The third-order valence-corrected chi connectivity index (χ3v) is 5.19. The van der Waals surface area contributed by atoms with Crippen molar-refractivity contribution in [2.75, 3.05) is 0 Å².